The third kappa shape index (κ3) is 4.80. The number of benzene rings is 3. The Hall–Kier alpha value is -3.93. The van der Waals surface area contributed by atoms with E-state index in [4.69, 9.17) is 0 Å². The standard InChI is InChI=1S/C25H23N3O3/c1-17-6-5-7-18(12-17)13-24(29)27-20-10-11-22-21(14-20)26-16-28(22)23(15-25(30)31)19-8-3-2-4-9-19/h2-12,14,16,23H,13,15H2,1H3,(H,27,29)(H,30,31). The molecule has 1 aromatic heterocycles. The van der Waals surface area contributed by atoms with Crippen molar-refractivity contribution in [2.24, 2.45) is 0 Å². The number of fused-ring (bicyclic) bond motifs is 1. The van der Waals surface area contributed by atoms with Crippen molar-refractivity contribution in [3.8, 4) is 0 Å². The van der Waals surface area contributed by atoms with Crippen LogP contribution in [-0.2, 0) is 16.0 Å². The third-order valence-corrected chi connectivity index (χ3v) is 5.19. The Kier molecular flexibility index (Phi) is 5.80. The summed E-state index contributed by atoms with van der Waals surface area (Å²) in [6.07, 6.45) is 1.90. The monoisotopic (exact) mass is 413 g/mol. The van der Waals surface area contributed by atoms with Gasteiger partial charge in [0.2, 0.25) is 5.91 Å². The van der Waals surface area contributed by atoms with Crippen LogP contribution in [0.4, 0.5) is 5.69 Å². The number of nitrogens with one attached hydrogen (secondary N) is 1. The van der Waals surface area contributed by atoms with E-state index in [0.29, 0.717) is 17.6 Å². The number of hydrogen-bond donors (Lipinski definition) is 2. The Labute approximate surface area is 180 Å². The van der Waals surface area contributed by atoms with Gasteiger partial charge in [0.15, 0.2) is 0 Å². The van der Waals surface area contributed by atoms with Gasteiger partial charge in [0.1, 0.15) is 0 Å². The van der Waals surface area contributed by atoms with Gasteiger partial charge in [-0.1, -0.05) is 60.2 Å². The molecule has 0 saturated carbocycles. The van der Waals surface area contributed by atoms with Gasteiger partial charge in [-0.3, -0.25) is 9.59 Å². The highest BCUT2D eigenvalue weighted by molar-refractivity contribution is 5.94. The fourth-order valence-electron chi connectivity index (χ4n) is 3.79. The van der Waals surface area contributed by atoms with E-state index in [1.165, 1.54) is 0 Å². The Balaban J connectivity index is 1.57. The Morgan fingerprint density at radius 2 is 1.84 bits per heavy atom. The summed E-state index contributed by atoms with van der Waals surface area (Å²) >= 11 is 0. The van der Waals surface area contributed by atoms with Crippen LogP contribution in [0.5, 0.6) is 0 Å². The number of aromatic nitrogens is 2. The zero-order valence-corrected chi connectivity index (χ0v) is 17.2. The van der Waals surface area contributed by atoms with Crippen LogP contribution >= 0.6 is 0 Å². The molecule has 4 rings (SSSR count). The zero-order chi connectivity index (χ0) is 21.8. The fourth-order valence-corrected chi connectivity index (χ4v) is 3.79. The van der Waals surface area contributed by atoms with Crippen LogP contribution in [0.3, 0.4) is 0 Å². The first-order valence-electron chi connectivity index (χ1n) is 10.1. The van der Waals surface area contributed by atoms with Crippen LogP contribution in [0.15, 0.2) is 79.1 Å². The van der Waals surface area contributed by atoms with Crippen LogP contribution in [0.2, 0.25) is 0 Å². The highest BCUT2D eigenvalue weighted by Gasteiger charge is 2.20. The lowest BCUT2D eigenvalue weighted by atomic mass is 10.0. The first-order valence-corrected chi connectivity index (χ1v) is 10.1. The topological polar surface area (TPSA) is 84.2 Å². The van der Waals surface area contributed by atoms with Gasteiger partial charge in [-0.2, -0.15) is 0 Å². The summed E-state index contributed by atoms with van der Waals surface area (Å²) in [6, 6.07) is 22.5. The van der Waals surface area contributed by atoms with E-state index in [1.54, 1.807) is 6.33 Å². The molecule has 156 valence electrons. The molecule has 4 aromatic rings. The number of carbonyl (C=O) groups is 2. The number of carboxylic acid groups (broad SMARTS) is 1. The molecule has 6 heteroatoms. The Bertz CT molecular complexity index is 1230. The van der Waals surface area contributed by atoms with Crippen molar-refractivity contribution in [2.45, 2.75) is 25.8 Å². The second kappa shape index (κ2) is 8.83. The molecule has 0 aliphatic rings. The lowest BCUT2D eigenvalue weighted by Gasteiger charge is -2.18. The second-order valence-corrected chi connectivity index (χ2v) is 7.59. The molecular formula is C25H23N3O3. The van der Waals surface area contributed by atoms with Gasteiger partial charge in [-0.15, -0.1) is 0 Å². The normalized spacial score (nSPS) is 11.9. The van der Waals surface area contributed by atoms with Gasteiger partial charge in [-0.25, -0.2) is 4.98 Å². The van der Waals surface area contributed by atoms with Gasteiger partial charge in [0.25, 0.3) is 0 Å². The number of rotatable bonds is 7. The van der Waals surface area contributed by atoms with Crippen molar-refractivity contribution in [3.63, 3.8) is 0 Å². The lowest BCUT2D eigenvalue weighted by Crippen LogP contribution is -2.15. The minimum atomic E-state index is -0.879. The number of carboxylic acids is 1. The molecule has 1 amide bonds. The number of amides is 1. The number of hydrogen-bond acceptors (Lipinski definition) is 3. The molecule has 1 heterocycles. The summed E-state index contributed by atoms with van der Waals surface area (Å²) in [7, 11) is 0. The molecule has 0 bridgehead atoms. The van der Waals surface area contributed by atoms with E-state index in [9.17, 15) is 14.7 Å². The molecule has 1 atom stereocenters. The van der Waals surface area contributed by atoms with Crippen LogP contribution in [-0.4, -0.2) is 26.5 Å². The molecule has 1 unspecified atom stereocenters. The average molecular weight is 413 g/mol. The molecule has 0 spiro atoms. The zero-order valence-electron chi connectivity index (χ0n) is 17.2. The van der Waals surface area contributed by atoms with E-state index in [0.717, 1.165) is 22.2 Å². The molecule has 2 N–H and O–H groups in total. The SMILES string of the molecule is Cc1cccc(CC(=O)Nc2ccc3c(c2)ncn3C(CC(=O)O)c2ccccc2)c1. The molecule has 0 saturated heterocycles. The minimum absolute atomic E-state index is 0.0511. The van der Waals surface area contributed by atoms with Crippen LogP contribution < -0.4 is 5.32 Å². The predicted molar refractivity (Wildman–Crippen MR) is 120 cm³/mol. The van der Waals surface area contributed by atoms with Gasteiger partial charge >= 0.3 is 5.97 Å². The van der Waals surface area contributed by atoms with E-state index in [1.807, 2.05) is 84.3 Å². The minimum Gasteiger partial charge on any atom is -0.481 e. The number of aliphatic carboxylic acids is 1. The van der Waals surface area contributed by atoms with Gasteiger partial charge in [0, 0.05) is 5.69 Å². The molecule has 3 aromatic carbocycles. The van der Waals surface area contributed by atoms with E-state index < -0.39 is 5.97 Å². The quantitative estimate of drug-likeness (QED) is 0.464. The number of imidazole rings is 1. The molecule has 6 nitrogen and oxygen atoms in total. The van der Waals surface area contributed by atoms with E-state index >= 15 is 0 Å². The number of anilines is 1. The average Bonchev–Trinajstić information content (AvgIpc) is 3.15. The summed E-state index contributed by atoms with van der Waals surface area (Å²) in [4.78, 5) is 28.4. The largest absolute Gasteiger partial charge is 0.481 e. The van der Waals surface area contributed by atoms with Crippen LogP contribution in [0.1, 0.15) is 29.2 Å². The highest BCUT2D eigenvalue weighted by atomic mass is 16.4. The Morgan fingerprint density at radius 1 is 1.03 bits per heavy atom. The van der Waals surface area contributed by atoms with Crippen molar-refractivity contribution in [1.82, 2.24) is 9.55 Å². The fraction of sp³-hybridized carbons (Fsp3) is 0.160. The number of carbonyl (C=O) groups excluding carboxylic acids is 1. The molecule has 0 fully saturated rings. The summed E-state index contributed by atoms with van der Waals surface area (Å²) < 4.78 is 1.87. The van der Waals surface area contributed by atoms with Crippen molar-refractivity contribution in [3.05, 3.63) is 95.8 Å². The maximum absolute atomic E-state index is 12.4. The van der Waals surface area contributed by atoms with Crippen molar-refractivity contribution in [1.29, 1.82) is 0 Å². The summed E-state index contributed by atoms with van der Waals surface area (Å²) in [5.74, 6) is -0.979. The Morgan fingerprint density at radius 3 is 2.58 bits per heavy atom. The summed E-state index contributed by atoms with van der Waals surface area (Å²) in [6.45, 7) is 2.00. The second-order valence-electron chi connectivity index (χ2n) is 7.59. The third-order valence-electron chi connectivity index (χ3n) is 5.19. The van der Waals surface area contributed by atoms with E-state index in [-0.39, 0.29) is 18.4 Å². The number of nitrogens with zero attached hydrogens (tertiary/aromatic N) is 2. The number of aryl methyl sites for hydroxylation is 1. The smallest absolute Gasteiger partial charge is 0.305 e. The molecule has 0 aliphatic heterocycles. The molecular weight excluding hydrogens is 390 g/mol. The van der Waals surface area contributed by atoms with Gasteiger partial charge in [0.05, 0.1) is 36.2 Å². The first-order chi connectivity index (χ1) is 15.0. The van der Waals surface area contributed by atoms with Crippen LogP contribution in [0.25, 0.3) is 11.0 Å². The van der Waals surface area contributed by atoms with E-state index in [2.05, 4.69) is 10.3 Å². The van der Waals surface area contributed by atoms with Crippen molar-refractivity contribution < 1.29 is 14.7 Å². The lowest BCUT2D eigenvalue weighted by molar-refractivity contribution is -0.137. The first kappa shape index (κ1) is 20.3. The molecule has 0 radical (unpaired) electrons. The highest BCUT2D eigenvalue weighted by Crippen LogP contribution is 2.28. The van der Waals surface area contributed by atoms with Crippen molar-refractivity contribution >= 4 is 28.6 Å². The van der Waals surface area contributed by atoms with Gasteiger partial charge in [-0.05, 0) is 36.2 Å². The maximum atomic E-state index is 12.4. The van der Waals surface area contributed by atoms with Gasteiger partial charge < -0.3 is 15.0 Å². The molecule has 31 heavy (non-hydrogen) atoms. The molecule has 0 aliphatic carbocycles. The predicted octanol–water partition coefficient (Wildman–Crippen LogP) is 4.59. The maximum Gasteiger partial charge on any atom is 0.305 e. The van der Waals surface area contributed by atoms with Crippen molar-refractivity contribution in [2.75, 3.05) is 5.32 Å². The summed E-state index contributed by atoms with van der Waals surface area (Å²) in [5, 5.41) is 12.3. The van der Waals surface area contributed by atoms with Crippen LogP contribution in [0, 0.1) is 6.92 Å². The summed E-state index contributed by atoms with van der Waals surface area (Å²) in [5.41, 5.74) is 5.14.